The molecule has 2 aliphatic heterocycles. The summed E-state index contributed by atoms with van der Waals surface area (Å²) in [6.07, 6.45) is -4.03. The normalized spacial score (nSPS) is 21.9. The first kappa shape index (κ1) is 15.6. The topological polar surface area (TPSA) is 64.8 Å². The molecule has 1 fully saturated rings. The molecule has 0 saturated carbocycles. The molecule has 1 saturated heterocycles. The maximum absolute atomic E-state index is 13.4. The second kappa shape index (κ2) is 5.19. The predicted molar refractivity (Wildman–Crippen MR) is 84.0 cm³/mol. The van der Waals surface area contributed by atoms with Gasteiger partial charge in [0.15, 0.2) is 23.0 Å². The number of hydrogen-bond acceptors (Lipinski definition) is 6. The summed E-state index contributed by atoms with van der Waals surface area (Å²) in [7, 11) is 0. The highest BCUT2D eigenvalue weighted by Crippen LogP contribution is 2.45. The minimum absolute atomic E-state index is 0.0652. The minimum atomic E-state index is -3.71. The molecule has 3 aromatic rings. The van der Waals surface area contributed by atoms with Crippen LogP contribution >= 0.6 is 0 Å². The molecule has 4 heterocycles. The zero-order chi connectivity index (χ0) is 18.1. The average molecular weight is 365 g/mol. The molecule has 0 spiro atoms. The molecule has 0 bridgehead atoms. The van der Waals surface area contributed by atoms with Gasteiger partial charge in [0.05, 0.1) is 6.54 Å². The zero-order valence-corrected chi connectivity index (χ0v) is 13.7. The van der Waals surface area contributed by atoms with Crippen LogP contribution in [-0.2, 0) is 6.54 Å². The van der Waals surface area contributed by atoms with Crippen LogP contribution in [0, 0.1) is 6.92 Å². The van der Waals surface area contributed by atoms with Crippen molar-refractivity contribution in [3.05, 3.63) is 23.8 Å². The summed E-state index contributed by atoms with van der Waals surface area (Å²) in [6.45, 7) is 3.14. The number of benzene rings is 1. The Morgan fingerprint density at radius 1 is 1.27 bits per heavy atom. The minimum Gasteiger partial charge on any atom is -0.395 e. The van der Waals surface area contributed by atoms with Gasteiger partial charge in [-0.15, -0.1) is 13.9 Å². The van der Waals surface area contributed by atoms with Crippen LogP contribution < -0.4 is 9.47 Å². The fourth-order valence-corrected chi connectivity index (χ4v) is 3.45. The predicted octanol–water partition coefficient (Wildman–Crippen LogP) is 2.45. The van der Waals surface area contributed by atoms with Crippen LogP contribution in [0.3, 0.4) is 0 Å². The lowest BCUT2D eigenvalue weighted by Gasteiger charge is -2.10. The van der Waals surface area contributed by atoms with Gasteiger partial charge in [-0.05, 0) is 25.5 Å². The fraction of sp³-hybridized carbons (Fsp3) is 0.438. The van der Waals surface area contributed by atoms with Crippen molar-refractivity contribution in [3.63, 3.8) is 0 Å². The Bertz CT molecular complexity index is 1040. The number of aryl methyl sites for hydroxylation is 1. The van der Waals surface area contributed by atoms with Gasteiger partial charge in [0, 0.05) is 18.5 Å². The van der Waals surface area contributed by atoms with Gasteiger partial charge >= 0.3 is 6.29 Å². The van der Waals surface area contributed by atoms with E-state index < -0.39 is 12.5 Å². The van der Waals surface area contributed by atoms with E-state index in [1.807, 2.05) is 4.90 Å². The lowest BCUT2D eigenvalue weighted by atomic mass is 10.2. The van der Waals surface area contributed by atoms with Crippen LogP contribution in [0.2, 0.25) is 0 Å². The van der Waals surface area contributed by atoms with Gasteiger partial charge in [0.25, 0.3) is 0 Å². The van der Waals surface area contributed by atoms with E-state index in [4.69, 9.17) is 0 Å². The Kier molecular flexibility index (Phi) is 3.12. The Labute approximate surface area is 145 Å². The Morgan fingerprint density at radius 2 is 2.12 bits per heavy atom. The quantitative estimate of drug-likeness (QED) is 0.695. The van der Waals surface area contributed by atoms with Crippen molar-refractivity contribution in [1.29, 1.82) is 0 Å². The molecular formula is C16H14F3N5O2. The van der Waals surface area contributed by atoms with Gasteiger partial charge in [-0.2, -0.15) is 4.52 Å². The maximum Gasteiger partial charge on any atom is 0.586 e. The molecule has 0 N–H and O–H groups in total. The van der Waals surface area contributed by atoms with Crippen LogP contribution in [0.1, 0.15) is 18.1 Å². The first-order valence-corrected chi connectivity index (χ1v) is 8.21. The highest BCUT2D eigenvalue weighted by Gasteiger charge is 2.44. The lowest BCUT2D eigenvalue weighted by molar-refractivity contribution is -0.286. The molecule has 5 rings (SSSR count). The molecule has 136 valence electrons. The summed E-state index contributed by atoms with van der Waals surface area (Å²) >= 11 is 0. The SMILES string of the molecule is Cc1nc2c3c(ccc2c2nc(CN4CC[C@@H](F)C4)nn12)OC(F)(F)O3. The number of halogens is 3. The molecule has 0 aliphatic carbocycles. The highest BCUT2D eigenvalue weighted by atomic mass is 19.3. The van der Waals surface area contributed by atoms with Gasteiger partial charge in [0.1, 0.15) is 17.5 Å². The van der Waals surface area contributed by atoms with E-state index in [0.29, 0.717) is 48.7 Å². The van der Waals surface area contributed by atoms with E-state index in [0.717, 1.165) is 0 Å². The number of alkyl halides is 3. The number of nitrogens with zero attached hydrogens (tertiary/aromatic N) is 5. The molecule has 1 atom stereocenters. The zero-order valence-electron chi connectivity index (χ0n) is 13.7. The van der Waals surface area contributed by atoms with Crippen molar-refractivity contribution in [2.24, 2.45) is 0 Å². The van der Waals surface area contributed by atoms with Crippen molar-refractivity contribution in [2.75, 3.05) is 13.1 Å². The number of ether oxygens (including phenoxy) is 2. The molecule has 0 radical (unpaired) electrons. The van der Waals surface area contributed by atoms with Gasteiger partial charge in [-0.25, -0.2) is 14.4 Å². The van der Waals surface area contributed by atoms with E-state index >= 15 is 0 Å². The second-order valence-corrected chi connectivity index (χ2v) is 6.50. The van der Waals surface area contributed by atoms with Crippen LogP contribution in [0.25, 0.3) is 16.6 Å². The molecule has 0 unspecified atom stereocenters. The first-order valence-electron chi connectivity index (χ1n) is 8.21. The van der Waals surface area contributed by atoms with E-state index in [9.17, 15) is 13.2 Å². The van der Waals surface area contributed by atoms with Crippen LogP contribution in [0.5, 0.6) is 11.5 Å². The third-order valence-corrected chi connectivity index (χ3v) is 4.60. The van der Waals surface area contributed by atoms with Gasteiger partial charge < -0.3 is 9.47 Å². The van der Waals surface area contributed by atoms with E-state index in [1.54, 1.807) is 17.5 Å². The smallest absolute Gasteiger partial charge is 0.395 e. The summed E-state index contributed by atoms with van der Waals surface area (Å²) in [5.41, 5.74) is 0.730. The molecule has 0 amide bonds. The van der Waals surface area contributed by atoms with Crippen molar-refractivity contribution in [2.45, 2.75) is 32.4 Å². The Hall–Kier alpha value is -2.62. The molecule has 2 aromatic heterocycles. The van der Waals surface area contributed by atoms with Gasteiger partial charge in [-0.1, -0.05) is 0 Å². The molecular weight excluding hydrogens is 351 g/mol. The number of likely N-dealkylation sites (tertiary alicyclic amines) is 1. The number of rotatable bonds is 2. The monoisotopic (exact) mass is 365 g/mol. The number of hydrogen-bond donors (Lipinski definition) is 0. The summed E-state index contributed by atoms with van der Waals surface area (Å²) in [5.74, 6) is 0.828. The van der Waals surface area contributed by atoms with Gasteiger partial charge in [0.2, 0.25) is 0 Å². The van der Waals surface area contributed by atoms with Crippen molar-refractivity contribution in [1.82, 2.24) is 24.5 Å². The largest absolute Gasteiger partial charge is 0.586 e. The number of aromatic nitrogens is 4. The van der Waals surface area contributed by atoms with Crippen molar-refractivity contribution >= 4 is 16.6 Å². The van der Waals surface area contributed by atoms with Crippen LogP contribution in [0.15, 0.2) is 12.1 Å². The molecule has 2 aliphatic rings. The summed E-state index contributed by atoms with van der Waals surface area (Å²) in [6, 6.07) is 3.00. The third-order valence-electron chi connectivity index (χ3n) is 4.60. The summed E-state index contributed by atoms with van der Waals surface area (Å²) in [5, 5.41) is 4.96. The Morgan fingerprint density at radius 3 is 2.88 bits per heavy atom. The standard InChI is InChI=1S/C16H14F3N5O2/c1-8-20-13-10(2-3-11-14(13)26-16(18,19)25-11)15-21-12(22-24(8)15)7-23-5-4-9(17)6-23/h2-3,9H,4-7H2,1H3/t9-/m1/s1. The molecule has 10 heteroatoms. The molecule has 26 heavy (non-hydrogen) atoms. The Balaban J connectivity index is 1.62. The van der Waals surface area contributed by atoms with E-state index in [1.165, 1.54) is 6.07 Å². The lowest BCUT2D eigenvalue weighted by Crippen LogP contribution is -2.26. The first-order chi connectivity index (χ1) is 12.4. The van der Waals surface area contributed by atoms with Gasteiger partial charge in [-0.3, -0.25) is 4.90 Å². The average Bonchev–Trinajstić information content (AvgIpc) is 3.24. The van der Waals surface area contributed by atoms with Crippen LogP contribution in [0.4, 0.5) is 13.2 Å². The summed E-state index contributed by atoms with van der Waals surface area (Å²) < 4.78 is 50.8. The second-order valence-electron chi connectivity index (χ2n) is 6.50. The highest BCUT2D eigenvalue weighted by molar-refractivity contribution is 5.96. The van der Waals surface area contributed by atoms with Crippen molar-refractivity contribution in [3.8, 4) is 11.5 Å². The fourth-order valence-electron chi connectivity index (χ4n) is 3.45. The van der Waals surface area contributed by atoms with E-state index in [2.05, 4.69) is 24.5 Å². The van der Waals surface area contributed by atoms with Crippen LogP contribution in [-0.4, -0.2) is 50.0 Å². The maximum atomic E-state index is 13.4. The molecule has 1 aromatic carbocycles. The van der Waals surface area contributed by atoms with Crippen molar-refractivity contribution < 1.29 is 22.6 Å². The molecule has 7 nitrogen and oxygen atoms in total. The van der Waals surface area contributed by atoms with E-state index in [-0.39, 0.29) is 17.0 Å². The third kappa shape index (κ3) is 2.36. The summed E-state index contributed by atoms with van der Waals surface area (Å²) in [4.78, 5) is 10.8. The number of fused-ring (bicyclic) bond motifs is 5.